The van der Waals surface area contributed by atoms with E-state index >= 15 is 0 Å². The van der Waals surface area contributed by atoms with Gasteiger partial charge in [0.15, 0.2) is 11.5 Å². The van der Waals surface area contributed by atoms with Crippen LogP contribution in [-0.2, 0) is 0 Å². The summed E-state index contributed by atoms with van der Waals surface area (Å²) in [5, 5.41) is 6.47. The average molecular weight is 689 g/mol. The van der Waals surface area contributed by atoms with E-state index in [0.717, 1.165) is 93.8 Å². The number of terminal acetylenes is 1. The van der Waals surface area contributed by atoms with Crippen LogP contribution >= 0.6 is 0 Å². The van der Waals surface area contributed by atoms with Crippen LogP contribution in [0.15, 0.2) is 151 Å². The summed E-state index contributed by atoms with van der Waals surface area (Å²) < 4.78 is 24.2. The molecule has 0 aliphatic carbocycles. The Kier molecular flexibility index (Phi) is 7.40. The van der Waals surface area contributed by atoms with Gasteiger partial charge in [0, 0.05) is 43.4 Å². The number of benzene rings is 6. The van der Waals surface area contributed by atoms with E-state index in [9.17, 15) is 0 Å². The zero-order valence-corrected chi connectivity index (χ0v) is 29.9. The molecule has 0 amide bonds. The summed E-state index contributed by atoms with van der Waals surface area (Å²) in [6.07, 6.45) is 5.72. The largest absolute Gasteiger partial charge is 0.456 e. The zero-order chi connectivity index (χ0) is 35.4. The molecule has 0 spiro atoms. The van der Waals surface area contributed by atoms with Crippen molar-refractivity contribution < 1.29 is 17.7 Å². The molecule has 0 fully saturated rings. The van der Waals surface area contributed by atoms with Crippen molar-refractivity contribution in [2.75, 3.05) is 0 Å². The van der Waals surface area contributed by atoms with Gasteiger partial charge in [-0.2, -0.15) is 0 Å². The summed E-state index contributed by atoms with van der Waals surface area (Å²) in [5.74, 6) is 7.34. The van der Waals surface area contributed by atoms with Gasteiger partial charge in [0.05, 0.1) is 0 Å². The molecule has 0 unspecified atom stereocenters. The van der Waals surface area contributed by atoms with Gasteiger partial charge < -0.3 is 17.7 Å². The number of fused-ring (bicyclic) bond motifs is 8. The SMILES string of the molecule is C#Cc1oc2ccccc2c1-c1cccc2oc3ccccc3c12.C[Si](C)(C)C#Cc1oc2ccccc2c1-c1cccc2oc3ccccc3c12. The molecule has 0 N–H and O–H groups in total. The van der Waals surface area contributed by atoms with Crippen LogP contribution in [0.2, 0.25) is 19.6 Å². The Balaban J connectivity index is 0.000000140. The fraction of sp³-hybridized carbons (Fsp3) is 0.0638. The first kappa shape index (κ1) is 31.3. The Morgan fingerprint density at radius 2 is 0.808 bits per heavy atom. The Morgan fingerprint density at radius 1 is 0.423 bits per heavy atom. The zero-order valence-electron chi connectivity index (χ0n) is 28.9. The molecule has 0 bridgehead atoms. The molecule has 4 aromatic heterocycles. The van der Waals surface area contributed by atoms with Crippen LogP contribution in [0, 0.1) is 23.8 Å². The highest BCUT2D eigenvalue weighted by molar-refractivity contribution is 6.83. The molecule has 5 heteroatoms. The highest BCUT2D eigenvalue weighted by atomic mass is 28.3. The first-order chi connectivity index (χ1) is 25.4. The Bertz CT molecular complexity index is 3080. The number of furan rings is 4. The van der Waals surface area contributed by atoms with Gasteiger partial charge in [-0.25, -0.2) is 0 Å². The second-order valence-electron chi connectivity index (χ2n) is 13.8. The van der Waals surface area contributed by atoms with E-state index < -0.39 is 8.07 Å². The van der Waals surface area contributed by atoms with Crippen molar-refractivity contribution in [3.8, 4) is 46.1 Å². The lowest BCUT2D eigenvalue weighted by Crippen LogP contribution is -2.16. The lowest BCUT2D eigenvalue weighted by Gasteiger charge is -2.05. The average Bonchev–Trinajstić information content (AvgIpc) is 3.93. The van der Waals surface area contributed by atoms with Crippen molar-refractivity contribution in [3.63, 3.8) is 0 Å². The smallest absolute Gasteiger partial charge is 0.185 e. The number of rotatable bonds is 2. The molecular weight excluding hydrogens is 657 g/mol. The molecule has 4 heterocycles. The maximum Gasteiger partial charge on any atom is 0.185 e. The van der Waals surface area contributed by atoms with E-state index in [-0.39, 0.29) is 0 Å². The second kappa shape index (κ2) is 12.3. The summed E-state index contributed by atoms with van der Waals surface area (Å²) >= 11 is 0. The highest BCUT2D eigenvalue weighted by Crippen LogP contribution is 2.43. The van der Waals surface area contributed by atoms with Crippen molar-refractivity contribution in [2.45, 2.75) is 19.6 Å². The molecule has 0 aliphatic heterocycles. The molecule has 0 saturated carbocycles. The molecular formula is C47H32O4Si. The minimum Gasteiger partial charge on any atom is -0.456 e. The van der Waals surface area contributed by atoms with E-state index in [0.29, 0.717) is 5.76 Å². The molecule has 0 radical (unpaired) electrons. The Hall–Kier alpha value is -6.66. The van der Waals surface area contributed by atoms with E-state index in [1.807, 2.05) is 103 Å². The van der Waals surface area contributed by atoms with Gasteiger partial charge in [0.25, 0.3) is 0 Å². The predicted molar refractivity (Wildman–Crippen MR) is 216 cm³/mol. The summed E-state index contributed by atoms with van der Waals surface area (Å²) in [6, 6.07) is 44.5. The predicted octanol–water partition coefficient (Wildman–Crippen LogP) is 13.2. The monoisotopic (exact) mass is 688 g/mol. The molecule has 0 atom stereocenters. The minimum absolute atomic E-state index is 0.550. The number of para-hydroxylation sites is 4. The maximum atomic E-state index is 6.20. The van der Waals surface area contributed by atoms with Gasteiger partial charge in [-0.3, -0.25) is 0 Å². The third-order valence-electron chi connectivity index (χ3n) is 9.22. The third-order valence-corrected chi connectivity index (χ3v) is 10.1. The van der Waals surface area contributed by atoms with E-state index in [4.69, 9.17) is 24.1 Å². The first-order valence-corrected chi connectivity index (χ1v) is 20.7. The fourth-order valence-electron chi connectivity index (χ4n) is 7.03. The summed E-state index contributed by atoms with van der Waals surface area (Å²) in [5.41, 5.74) is 12.8. The number of hydrogen-bond acceptors (Lipinski definition) is 4. The van der Waals surface area contributed by atoms with E-state index in [2.05, 4.69) is 67.4 Å². The summed E-state index contributed by atoms with van der Waals surface area (Å²) in [4.78, 5) is 0. The van der Waals surface area contributed by atoms with Crippen LogP contribution in [0.5, 0.6) is 0 Å². The van der Waals surface area contributed by atoms with Crippen molar-refractivity contribution in [2.24, 2.45) is 0 Å². The molecule has 52 heavy (non-hydrogen) atoms. The molecule has 0 saturated heterocycles. The second-order valence-corrected chi connectivity index (χ2v) is 18.6. The lowest BCUT2D eigenvalue weighted by molar-refractivity contribution is 0.602. The van der Waals surface area contributed by atoms with E-state index in [1.54, 1.807) is 0 Å². The first-order valence-electron chi connectivity index (χ1n) is 17.2. The molecule has 6 aromatic carbocycles. The summed E-state index contributed by atoms with van der Waals surface area (Å²) in [6.45, 7) is 6.73. The van der Waals surface area contributed by atoms with Crippen LogP contribution in [0.4, 0.5) is 0 Å². The molecule has 248 valence electrons. The van der Waals surface area contributed by atoms with Crippen molar-refractivity contribution in [3.05, 3.63) is 145 Å². The Labute approximate surface area is 301 Å². The van der Waals surface area contributed by atoms with Gasteiger partial charge in [0.1, 0.15) is 41.6 Å². The maximum absolute atomic E-state index is 6.20. The molecule has 0 aliphatic rings. The Morgan fingerprint density at radius 3 is 1.27 bits per heavy atom. The van der Waals surface area contributed by atoms with Crippen LogP contribution in [0.3, 0.4) is 0 Å². The van der Waals surface area contributed by atoms with Gasteiger partial charge in [-0.1, -0.05) is 117 Å². The van der Waals surface area contributed by atoms with Crippen molar-refractivity contribution >= 4 is 73.9 Å². The van der Waals surface area contributed by atoms with E-state index in [1.165, 1.54) is 0 Å². The van der Waals surface area contributed by atoms with Crippen molar-refractivity contribution in [1.82, 2.24) is 0 Å². The molecule has 10 aromatic rings. The molecule has 10 rings (SSSR count). The normalized spacial score (nSPS) is 11.6. The summed E-state index contributed by atoms with van der Waals surface area (Å²) in [7, 11) is -1.54. The molecule has 4 nitrogen and oxygen atoms in total. The minimum atomic E-state index is -1.54. The van der Waals surface area contributed by atoms with Crippen molar-refractivity contribution in [1.29, 1.82) is 0 Å². The van der Waals surface area contributed by atoms with Gasteiger partial charge in [-0.05, 0) is 59.4 Å². The fourth-order valence-corrected chi connectivity index (χ4v) is 7.51. The van der Waals surface area contributed by atoms with Gasteiger partial charge in [-0.15, -0.1) is 12.0 Å². The van der Waals surface area contributed by atoms with Gasteiger partial charge in [0.2, 0.25) is 0 Å². The standard InChI is InChI=1S/C25H20O2Si.C22H12O2/c1-28(2,3)16-15-23-25(18-10-5-7-13-21(18)27-23)19-11-8-14-22-24(19)17-9-4-6-12-20(17)26-22;1-2-17-21(14-8-3-5-11-18(14)23-17)16-10-7-13-20-22(16)15-9-4-6-12-19(15)24-20/h4-14H,1-3H3;1,3-13H. The topological polar surface area (TPSA) is 52.6 Å². The number of hydrogen-bond donors (Lipinski definition) is 0. The van der Waals surface area contributed by atoms with Crippen LogP contribution in [0.25, 0.3) is 88.1 Å². The highest BCUT2D eigenvalue weighted by Gasteiger charge is 2.21. The third kappa shape index (κ3) is 5.28. The van der Waals surface area contributed by atoms with Crippen LogP contribution in [0.1, 0.15) is 11.5 Å². The van der Waals surface area contributed by atoms with Gasteiger partial charge >= 0.3 is 0 Å². The lowest BCUT2D eigenvalue weighted by atomic mass is 9.97. The van der Waals surface area contributed by atoms with Crippen LogP contribution < -0.4 is 0 Å². The van der Waals surface area contributed by atoms with Crippen LogP contribution in [-0.4, -0.2) is 8.07 Å². The quantitative estimate of drug-likeness (QED) is 0.134.